The van der Waals surface area contributed by atoms with E-state index in [1.165, 1.54) is 33.8 Å². The van der Waals surface area contributed by atoms with E-state index in [-0.39, 0.29) is 0 Å². The highest BCUT2D eigenvalue weighted by atomic mass is 15.0. The number of fused-ring (bicyclic) bond motifs is 3. The van der Waals surface area contributed by atoms with Crippen LogP contribution in [0.5, 0.6) is 0 Å². The molecule has 4 rings (SSSR count). The van der Waals surface area contributed by atoms with Crippen molar-refractivity contribution in [3.63, 3.8) is 0 Å². The lowest BCUT2D eigenvalue weighted by atomic mass is 9.92. The number of para-hydroxylation sites is 1. The molecule has 0 saturated carbocycles. The molecule has 0 bridgehead atoms. The lowest BCUT2D eigenvalue weighted by molar-refractivity contribution is 0.925. The molecule has 1 aliphatic carbocycles. The Balaban J connectivity index is 1.96. The monoisotopic (exact) mass is 300 g/mol. The molecule has 1 aliphatic rings. The van der Waals surface area contributed by atoms with Crippen LogP contribution < -0.4 is 0 Å². The SMILES string of the molecule is C=Cc1c(/C=C\C)[nH]c2c1CCc1ccn(-c3ccccc3)c1-2. The van der Waals surface area contributed by atoms with Crippen LogP contribution in [0.25, 0.3) is 29.2 Å². The van der Waals surface area contributed by atoms with Crippen LogP contribution in [0.3, 0.4) is 0 Å². The van der Waals surface area contributed by atoms with E-state index in [4.69, 9.17) is 0 Å². The average Bonchev–Trinajstić information content (AvgIpc) is 3.16. The second-order valence-corrected chi connectivity index (χ2v) is 5.91. The highest BCUT2D eigenvalue weighted by Crippen LogP contribution is 2.39. The van der Waals surface area contributed by atoms with E-state index in [0.29, 0.717) is 0 Å². The van der Waals surface area contributed by atoms with Gasteiger partial charge in [0.2, 0.25) is 0 Å². The molecule has 0 fully saturated rings. The zero-order valence-corrected chi connectivity index (χ0v) is 13.3. The first kappa shape index (κ1) is 13.9. The van der Waals surface area contributed by atoms with Crippen molar-refractivity contribution in [1.82, 2.24) is 9.55 Å². The second-order valence-electron chi connectivity index (χ2n) is 5.91. The number of aromatic nitrogens is 2. The number of allylic oxidation sites excluding steroid dienone is 1. The maximum atomic E-state index is 4.02. The van der Waals surface area contributed by atoms with E-state index in [9.17, 15) is 0 Å². The molecule has 0 aliphatic heterocycles. The Morgan fingerprint density at radius 1 is 1.13 bits per heavy atom. The molecule has 2 nitrogen and oxygen atoms in total. The molecule has 0 amide bonds. The number of nitrogens with zero attached hydrogens (tertiary/aromatic N) is 1. The molecular weight excluding hydrogens is 280 g/mol. The van der Waals surface area contributed by atoms with Gasteiger partial charge in [0, 0.05) is 23.1 Å². The van der Waals surface area contributed by atoms with Gasteiger partial charge in [0.1, 0.15) is 0 Å². The lowest BCUT2D eigenvalue weighted by Crippen LogP contribution is -2.06. The summed E-state index contributed by atoms with van der Waals surface area (Å²) in [5, 5.41) is 0. The normalized spacial score (nSPS) is 13.1. The van der Waals surface area contributed by atoms with E-state index < -0.39 is 0 Å². The van der Waals surface area contributed by atoms with Gasteiger partial charge in [-0.2, -0.15) is 0 Å². The molecule has 0 radical (unpaired) electrons. The highest BCUT2D eigenvalue weighted by molar-refractivity contribution is 5.79. The summed E-state index contributed by atoms with van der Waals surface area (Å²) in [6.45, 7) is 6.06. The van der Waals surface area contributed by atoms with Crippen molar-refractivity contribution in [1.29, 1.82) is 0 Å². The Morgan fingerprint density at radius 3 is 2.70 bits per heavy atom. The highest BCUT2D eigenvalue weighted by Gasteiger charge is 2.25. The Bertz CT molecular complexity index is 892. The minimum Gasteiger partial charge on any atom is -0.353 e. The van der Waals surface area contributed by atoms with E-state index in [0.717, 1.165) is 18.5 Å². The van der Waals surface area contributed by atoms with Crippen molar-refractivity contribution < 1.29 is 0 Å². The molecule has 114 valence electrons. The summed E-state index contributed by atoms with van der Waals surface area (Å²) in [6, 6.07) is 12.8. The Morgan fingerprint density at radius 2 is 1.96 bits per heavy atom. The van der Waals surface area contributed by atoms with Crippen LogP contribution >= 0.6 is 0 Å². The van der Waals surface area contributed by atoms with Gasteiger partial charge < -0.3 is 9.55 Å². The fraction of sp³-hybridized carbons (Fsp3) is 0.143. The third-order valence-corrected chi connectivity index (χ3v) is 4.60. The fourth-order valence-corrected chi connectivity index (χ4v) is 3.59. The van der Waals surface area contributed by atoms with Crippen LogP contribution in [0, 0.1) is 0 Å². The van der Waals surface area contributed by atoms with Crippen LogP contribution in [0.2, 0.25) is 0 Å². The Hall–Kier alpha value is -2.74. The van der Waals surface area contributed by atoms with Crippen molar-refractivity contribution in [2.75, 3.05) is 0 Å². The van der Waals surface area contributed by atoms with Crippen molar-refractivity contribution >= 4 is 12.2 Å². The molecule has 2 heteroatoms. The van der Waals surface area contributed by atoms with Gasteiger partial charge in [0.05, 0.1) is 11.4 Å². The van der Waals surface area contributed by atoms with E-state index in [1.807, 2.05) is 13.0 Å². The summed E-state index contributed by atoms with van der Waals surface area (Å²) in [4.78, 5) is 3.63. The summed E-state index contributed by atoms with van der Waals surface area (Å²) in [7, 11) is 0. The predicted octanol–water partition coefficient (Wildman–Crippen LogP) is 5.25. The van der Waals surface area contributed by atoms with Gasteiger partial charge in [-0.25, -0.2) is 0 Å². The third kappa shape index (κ3) is 2.10. The predicted molar refractivity (Wildman–Crippen MR) is 97.8 cm³/mol. The van der Waals surface area contributed by atoms with Crippen molar-refractivity contribution in [2.24, 2.45) is 0 Å². The maximum absolute atomic E-state index is 4.02. The molecule has 1 aromatic carbocycles. The number of benzene rings is 1. The van der Waals surface area contributed by atoms with Crippen molar-refractivity contribution in [3.05, 3.63) is 77.6 Å². The number of aromatic amines is 1. The smallest absolute Gasteiger partial charge is 0.0727 e. The summed E-state index contributed by atoms with van der Waals surface area (Å²) >= 11 is 0. The minimum atomic E-state index is 1.07. The molecule has 23 heavy (non-hydrogen) atoms. The Labute approximate surface area is 136 Å². The summed E-state index contributed by atoms with van der Waals surface area (Å²) < 4.78 is 2.29. The van der Waals surface area contributed by atoms with Gasteiger partial charge in [-0.05, 0) is 55.2 Å². The molecule has 0 saturated heterocycles. The first-order valence-electron chi connectivity index (χ1n) is 8.09. The van der Waals surface area contributed by atoms with Gasteiger partial charge >= 0.3 is 0 Å². The number of rotatable bonds is 3. The number of H-pyrrole nitrogens is 1. The molecule has 0 spiro atoms. The van der Waals surface area contributed by atoms with Crippen LogP contribution in [-0.2, 0) is 12.8 Å². The number of aryl methyl sites for hydroxylation is 1. The number of nitrogens with one attached hydrogen (secondary N) is 1. The molecule has 0 atom stereocenters. The molecule has 0 unspecified atom stereocenters. The summed E-state index contributed by atoms with van der Waals surface area (Å²) in [5.41, 5.74) is 8.91. The topological polar surface area (TPSA) is 20.7 Å². The van der Waals surface area contributed by atoms with Crippen LogP contribution in [0.1, 0.15) is 29.3 Å². The summed E-state index contributed by atoms with van der Waals surface area (Å²) in [5.74, 6) is 0. The first-order valence-corrected chi connectivity index (χ1v) is 8.09. The van der Waals surface area contributed by atoms with Gasteiger partial charge in [-0.15, -0.1) is 0 Å². The van der Waals surface area contributed by atoms with Crippen molar-refractivity contribution in [3.8, 4) is 17.1 Å². The summed E-state index contributed by atoms with van der Waals surface area (Å²) in [6.07, 6.45) is 10.5. The minimum absolute atomic E-state index is 1.07. The quantitative estimate of drug-likeness (QED) is 0.682. The largest absolute Gasteiger partial charge is 0.353 e. The van der Waals surface area contributed by atoms with E-state index >= 15 is 0 Å². The lowest BCUT2D eigenvalue weighted by Gasteiger charge is -2.17. The van der Waals surface area contributed by atoms with Crippen LogP contribution in [0.4, 0.5) is 0 Å². The number of hydrogen-bond acceptors (Lipinski definition) is 0. The Kier molecular flexibility index (Phi) is 3.30. The average molecular weight is 300 g/mol. The molecule has 2 heterocycles. The first-order chi connectivity index (χ1) is 11.3. The zero-order chi connectivity index (χ0) is 15.8. The molecular formula is C21H20N2. The molecule has 1 N–H and O–H groups in total. The number of hydrogen-bond donors (Lipinski definition) is 1. The van der Waals surface area contributed by atoms with E-state index in [2.05, 4.69) is 70.9 Å². The third-order valence-electron chi connectivity index (χ3n) is 4.60. The maximum Gasteiger partial charge on any atom is 0.0727 e. The fourth-order valence-electron chi connectivity index (χ4n) is 3.59. The standard InChI is InChI=1S/C21H20N2/c1-3-8-19-17(4-2)18-12-11-15-13-14-23(21(15)20(18)22-19)16-9-6-5-7-10-16/h3-10,13-14,22H,2,11-12H2,1H3/b8-3-. The van der Waals surface area contributed by atoms with Crippen molar-refractivity contribution in [2.45, 2.75) is 19.8 Å². The van der Waals surface area contributed by atoms with Crippen LogP contribution in [-0.4, -0.2) is 9.55 Å². The molecule has 3 aromatic rings. The second kappa shape index (κ2) is 5.47. The van der Waals surface area contributed by atoms with Gasteiger partial charge in [-0.1, -0.05) is 36.9 Å². The van der Waals surface area contributed by atoms with Gasteiger partial charge in [0.25, 0.3) is 0 Å². The van der Waals surface area contributed by atoms with Gasteiger partial charge in [0.15, 0.2) is 0 Å². The van der Waals surface area contributed by atoms with Gasteiger partial charge in [-0.3, -0.25) is 0 Å². The van der Waals surface area contributed by atoms with E-state index in [1.54, 1.807) is 0 Å². The zero-order valence-electron chi connectivity index (χ0n) is 13.3. The molecule has 2 aromatic heterocycles. The van der Waals surface area contributed by atoms with Crippen LogP contribution in [0.15, 0.2) is 55.3 Å².